The van der Waals surface area contributed by atoms with Crippen molar-refractivity contribution in [3.63, 3.8) is 0 Å². The SMILES string of the molecule is N#Cc1ccc2sc3ccc(-c4cc5c6ccccc6c(-c6cccnc6)cc5c5ccccc45)cc3c2c1. The first kappa shape index (κ1) is 22.0. The van der Waals surface area contributed by atoms with E-state index in [1.165, 1.54) is 63.8 Å². The zero-order valence-electron chi connectivity index (χ0n) is 20.8. The lowest BCUT2D eigenvalue weighted by Crippen LogP contribution is -1.89. The first-order valence-electron chi connectivity index (χ1n) is 12.9. The van der Waals surface area contributed by atoms with E-state index >= 15 is 0 Å². The fraction of sp³-hybridized carbons (Fsp3) is 0. The molecule has 0 bridgehead atoms. The van der Waals surface area contributed by atoms with Crippen LogP contribution in [0.15, 0.2) is 122 Å². The van der Waals surface area contributed by atoms with Gasteiger partial charge in [0.05, 0.1) is 11.6 Å². The highest BCUT2D eigenvalue weighted by Gasteiger charge is 2.15. The number of hydrogen-bond acceptors (Lipinski definition) is 3. The van der Waals surface area contributed by atoms with E-state index in [4.69, 9.17) is 0 Å². The molecule has 0 atom stereocenters. The Morgan fingerprint density at radius 1 is 0.513 bits per heavy atom. The van der Waals surface area contributed by atoms with Gasteiger partial charge in [-0.05, 0) is 97.5 Å². The molecular weight excluding hydrogens is 492 g/mol. The van der Waals surface area contributed by atoms with Gasteiger partial charge in [-0.15, -0.1) is 11.3 Å². The van der Waals surface area contributed by atoms with Crippen molar-refractivity contribution in [3.8, 4) is 28.3 Å². The molecule has 8 aromatic rings. The summed E-state index contributed by atoms with van der Waals surface area (Å²) in [4.78, 5) is 4.40. The number of aromatic nitrogens is 1. The van der Waals surface area contributed by atoms with E-state index in [1.54, 1.807) is 11.3 Å². The van der Waals surface area contributed by atoms with E-state index in [0.717, 1.165) is 10.9 Å². The number of nitriles is 1. The molecule has 0 spiro atoms. The normalized spacial score (nSPS) is 11.6. The third kappa shape index (κ3) is 3.36. The molecule has 6 aromatic carbocycles. The third-order valence-electron chi connectivity index (χ3n) is 7.76. The Kier molecular flexibility index (Phi) is 4.79. The number of nitrogens with zero attached hydrogens (tertiary/aromatic N) is 2. The van der Waals surface area contributed by atoms with Gasteiger partial charge in [-0.3, -0.25) is 4.98 Å². The lowest BCUT2D eigenvalue weighted by atomic mass is 9.88. The molecule has 8 rings (SSSR count). The Morgan fingerprint density at radius 2 is 1.13 bits per heavy atom. The van der Waals surface area contributed by atoms with Gasteiger partial charge in [-0.2, -0.15) is 5.26 Å². The smallest absolute Gasteiger partial charge is 0.0991 e. The van der Waals surface area contributed by atoms with Crippen molar-refractivity contribution < 1.29 is 0 Å². The topological polar surface area (TPSA) is 36.7 Å². The van der Waals surface area contributed by atoms with Gasteiger partial charge in [0.25, 0.3) is 0 Å². The molecule has 0 saturated heterocycles. The fourth-order valence-corrected chi connectivity index (χ4v) is 7.03. The summed E-state index contributed by atoms with van der Waals surface area (Å²) < 4.78 is 2.44. The second-order valence-corrected chi connectivity index (χ2v) is 11.0. The largest absolute Gasteiger partial charge is 0.264 e. The summed E-state index contributed by atoms with van der Waals surface area (Å²) in [5.41, 5.74) is 5.41. The number of hydrogen-bond donors (Lipinski definition) is 0. The minimum atomic E-state index is 0.694. The zero-order valence-corrected chi connectivity index (χ0v) is 21.7. The summed E-state index contributed by atoms with van der Waals surface area (Å²) in [5.74, 6) is 0. The van der Waals surface area contributed by atoms with Crippen molar-refractivity contribution >= 4 is 63.8 Å². The van der Waals surface area contributed by atoms with Gasteiger partial charge >= 0.3 is 0 Å². The molecule has 3 heteroatoms. The van der Waals surface area contributed by atoms with Crippen LogP contribution in [0.2, 0.25) is 0 Å². The van der Waals surface area contributed by atoms with Crippen LogP contribution in [0.4, 0.5) is 0 Å². The summed E-state index contributed by atoms with van der Waals surface area (Å²) in [6, 6.07) is 41.3. The minimum Gasteiger partial charge on any atom is -0.264 e. The monoisotopic (exact) mass is 512 g/mol. The lowest BCUT2D eigenvalue weighted by molar-refractivity contribution is 1.33. The second-order valence-electron chi connectivity index (χ2n) is 9.91. The zero-order chi connectivity index (χ0) is 25.9. The second kappa shape index (κ2) is 8.49. The van der Waals surface area contributed by atoms with Gasteiger partial charge in [-0.25, -0.2) is 0 Å². The van der Waals surface area contributed by atoms with Crippen LogP contribution in [0.5, 0.6) is 0 Å². The molecule has 0 aliphatic carbocycles. The highest BCUT2D eigenvalue weighted by molar-refractivity contribution is 7.25. The molecule has 0 N–H and O–H groups in total. The Labute approximate surface area is 229 Å². The van der Waals surface area contributed by atoms with Gasteiger partial charge in [0, 0.05) is 38.1 Å². The molecule has 0 aliphatic rings. The molecule has 2 heterocycles. The van der Waals surface area contributed by atoms with E-state index in [9.17, 15) is 5.26 Å². The number of rotatable bonds is 2. The molecule has 0 saturated carbocycles. The Morgan fingerprint density at radius 3 is 1.77 bits per heavy atom. The number of benzene rings is 6. The molecule has 39 heavy (non-hydrogen) atoms. The van der Waals surface area contributed by atoms with Crippen LogP contribution in [0.1, 0.15) is 5.56 Å². The first-order chi connectivity index (χ1) is 19.3. The molecule has 2 nitrogen and oxygen atoms in total. The Hall–Kier alpha value is -5.04. The van der Waals surface area contributed by atoms with E-state index < -0.39 is 0 Å². The van der Waals surface area contributed by atoms with Gasteiger partial charge in [-0.1, -0.05) is 60.7 Å². The third-order valence-corrected chi connectivity index (χ3v) is 8.92. The standard InChI is InChI=1S/C36H20N2S/c37-20-22-11-13-35-33(16-22)34-17-23(12-14-36(34)39-35)29-18-31-28-10-4-2-8-26(28)30(24-6-5-15-38-21-24)19-32(31)27-9-3-1-7-25(27)29/h1-19,21H. The maximum Gasteiger partial charge on any atom is 0.0991 e. The van der Waals surface area contributed by atoms with Crippen LogP contribution in [0.3, 0.4) is 0 Å². The molecule has 0 aliphatic heterocycles. The van der Waals surface area contributed by atoms with Crippen LogP contribution in [-0.4, -0.2) is 4.98 Å². The van der Waals surface area contributed by atoms with Crippen LogP contribution >= 0.6 is 11.3 Å². The molecule has 180 valence electrons. The average molecular weight is 513 g/mol. The molecule has 0 fully saturated rings. The van der Waals surface area contributed by atoms with Crippen molar-refractivity contribution in [2.45, 2.75) is 0 Å². The van der Waals surface area contributed by atoms with Crippen molar-refractivity contribution in [1.82, 2.24) is 4.98 Å². The van der Waals surface area contributed by atoms with E-state index in [0.29, 0.717) is 5.56 Å². The maximum atomic E-state index is 9.49. The predicted octanol–water partition coefficient (Wildman–Crippen LogP) is 10.1. The summed E-state index contributed by atoms with van der Waals surface area (Å²) >= 11 is 1.78. The molecule has 0 radical (unpaired) electrons. The Bertz CT molecular complexity index is 2290. The summed E-state index contributed by atoms with van der Waals surface area (Å²) in [7, 11) is 0. The number of fused-ring (bicyclic) bond motifs is 8. The van der Waals surface area contributed by atoms with Gasteiger partial charge in [0.1, 0.15) is 0 Å². The fourth-order valence-electron chi connectivity index (χ4n) is 5.97. The predicted molar refractivity (Wildman–Crippen MR) is 165 cm³/mol. The van der Waals surface area contributed by atoms with Crippen molar-refractivity contribution in [2.24, 2.45) is 0 Å². The van der Waals surface area contributed by atoms with Crippen LogP contribution in [-0.2, 0) is 0 Å². The molecule has 2 aromatic heterocycles. The minimum absolute atomic E-state index is 0.694. The van der Waals surface area contributed by atoms with E-state index in [2.05, 4.69) is 102 Å². The molecular formula is C36H20N2S. The first-order valence-corrected chi connectivity index (χ1v) is 13.7. The van der Waals surface area contributed by atoms with Gasteiger partial charge in [0.2, 0.25) is 0 Å². The maximum absolute atomic E-state index is 9.49. The Balaban J connectivity index is 1.47. The highest BCUT2D eigenvalue weighted by atomic mass is 32.1. The quantitative estimate of drug-likeness (QED) is 0.216. The van der Waals surface area contributed by atoms with Crippen LogP contribution in [0, 0.1) is 11.3 Å². The summed E-state index contributed by atoms with van der Waals surface area (Å²) in [6.07, 6.45) is 3.77. The number of pyridine rings is 1. The molecule has 0 amide bonds. The van der Waals surface area contributed by atoms with Crippen molar-refractivity contribution in [1.29, 1.82) is 5.26 Å². The van der Waals surface area contributed by atoms with Gasteiger partial charge in [0.15, 0.2) is 0 Å². The summed E-state index contributed by atoms with van der Waals surface area (Å²) in [5, 5.41) is 19.3. The van der Waals surface area contributed by atoms with Crippen molar-refractivity contribution in [2.75, 3.05) is 0 Å². The van der Waals surface area contributed by atoms with Crippen LogP contribution in [0.25, 0.3) is 74.7 Å². The van der Waals surface area contributed by atoms with Gasteiger partial charge < -0.3 is 0 Å². The van der Waals surface area contributed by atoms with Crippen LogP contribution < -0.4 is 0 Å². The van der Waals surface area contributed by atoms with E-state index in [1.807, 2.05) is 30.6 Å². The highest BCUT2D eigenvalue weighted by Crippen LogP contribution is 2.43. The summed E-state index contributed by atoms with van der Waals surface area (Å²) in [6.45, 7) is 0. The van der Waals surface area contributed by atoms with Crippen molar-refractivity contribution in [3.05, 3.63) is 127 Å². The lowest BCUT2D eigenvalue weighted by Gasteiger charge is -2.16. The average Bonchev–Trinajstić information content (AvgIpc) is 3.37. The number of thiophene rings is 1. The van der Waals surface area contributed by atoms with E-state index in [-0.39, 0.29) is 0 Å². The molecule has 0 unspecified atom stereocenters.